The third-order valence-corrected chi connectivity index (χ3v) is 6.78. The van der Waals surface area contributed by atoms with Crippen molar-refractivity contribution in [2.24, 2.45) is 0 Å². The smallest absolute Gasteiger partial charge is 0.322 e. The van der Waals surface area contributed by atoms with Crippen molar-refractivity contribution in [1.29, 1.82) is 0 Å². The van der Waals surface area contributed by atoms with E-state index in [1.807, 2.05) is 66.7 Å². The molecular weight excluding hydrogens is 470 g/mol. The average Bonchev–Trinajstić information content (AvgIpc) is 3.59. The van der Waals surface area contributed by atoms with E-state index in [4.69, 9.17) is 9.84 Å². The molecule has 0 aliphatic carbocycles. The van der Waals surface area contributed by atoms with Gasteiger partial charge in [0.05, 0.1) is 30.7 Å². The zero-order valence-electron chi connectivity index (χ0n) is 20.0. The van der Waals surface area contributed by atoms with Gasteiger partial charge < -0.3 is 15.0 Å². The zero-order valence-corrected chi connectivity index (χ0v) is 20.0. The molecule has 9 nitrogen and oxygen atoms in total. The summed E-state index contributed by atoms with van der Waals surface area (Å²) >= 11 is 0. The van der Waals surface area contributed by atoms with Crippen LogP contribution in [0.1, 0.15) is 21.6 Å². The fourth-order valence-electron chi connectivity index (χ4n) is 4.95. The third-order valence-electron chi connectivity index (χ3n) is 6.78. The molecule has 1 atom stereocenters. The van der Waals surface area contributed by atoms with Gasteiger partial charge in [-0.1, -0.05) is 54.6 Å². The first-order valence-electron chi connectivity index (χ1n) is 11.8. The summed E-state index contributed by atoms with van der Waals surface area (Å²) in [6.07, 6.45) is 0. The van der Waals surface area contributed by atoms with Crippen molar-refractivity contribution in [3.8, 4) is 22.7 Å². The van der Waals surface area contributed by atoms with Crippen LogP contribution in [0.2, 0.25) is 0 Å². The number of hydrogen-bond acceptors (Lipinski definition) is 5. The fourth-order valence-corrected chi connectivity index (χ4v) is 4.95. The molecule has 2 aliphatic rings. The van der Waals surface area contributed by atoms with Gasteiger partial charge in [0.2, 0.25) is 0 Å². The van der Waals surface area contributed by atoms with E-state index in [-0.39, 0.29) is 12.5 Å². The second kappa shape index (κ2) is 8.63. The molecule has 0 unspecified atom stereocenters. The molecule has 9 heteroatoms. The van der Waals surface area contributed by atoms with E-state index in [2.05, 4.69) is 10.6 Å². The van der Waals surface area contributed by atoms with E-state index in [9.17, 15) is 14.4 Å². The molecule has 1 saturated heterocycles. The van der Waals surface area contributed by atoms with Crippen molar-refractivity contribution < 1.29 is 19.1 Å². The minimum absolute atomic E-state index is 0.0762. The quantitative estimate of drug-likeness (QED) is 0.401. The molecule has 1 fully saturated rings. The van der Waals surface area contributed by atoms with Gasteiger partial charge in [0.15, 0.2) is 5.54 Å². The topological polar surface area (TPSA) is 106 Å². The molecule has 4 amide bonds. The number of nitrogens with zero attached hydrogens (tertiary/aromatic N) is 3. The highest BCUT2D eigenvalue weighted by molar-refractivity contribution is 6.08. The number of aromatic nitrogens is 2. The van der Waals surface area contributed by atoms with Crippen molar-refractivity contribution in [3.63, 3.8) is 0 Å². The summed E-state index contributed by atoms with van der Waals surface area (Å²) in [5, 5.41) is 10.0. The number of hydrogen-bond donors (Lipinski definition) is 2. The Bertz CT molecular complexity index is 1530. The van der Waals surface area contributed by atoms with Gasteiger partial charge in [-0.25, -0.2) is 9.48 Å². The monoisotopic (exact) mass is 493 g/mol. The predicted molar refractivity (Wildman–Crippen MR) is 135 cm³/mol. The number of imide groups is 1. The van der Waals surface area contributed by atoms with Crippen LogP contribution < -0.4 is 15.4 Å². The Morgan fingerprint density at radius 3 is 2.35 bits per heavy atom. The second-order valence-electron chi connectivity index (χ2n) is 9.03. The van der Waals surface area contributed by atoms with E-state index in [0.717, 1.165) is 11.1 Å². The van der Waals surface area contributed by atoms with Gasteiger partial charge in [-0.3, -0.25) is 14.9 Å². The maximum absolute atomic E-state index is 13.5. The van der Waals surface area contributed by atoms with E-state index >= 15 is 0 Å². The highest BCUT2D eigenvalue weighted by Crippen LogP contribution is 2.35. The highest BCUT2D eigenvalue weighted by atomic mass is 16.5. The lowest BCUT2D eigenvalue weighted by atomic mass is 9.93. The maximum Gasteiger partial charge on any atom is 0.322 e. The summed E-state index contributed by atoms with van der Waals surface area (Å²) in [4.78, 5) is 41.0. The molecule has 0 spiro atoms. The standard InChI is InChI=1S/C28H23N5O4/c1-37-21-13-12-19-16-32(25(34)22(19)14-21)17-28(26(35)29-27(36)30-28)24-15-23(18-8-4-2-5-9-18)31-33(24)20-10-6-3-7-11-20/h2-15H,16-17H2,1H3,(H2,29,30,35,36)/t28-/m1/s1. The number of carbonyl (C=O) groups is 3. The molecule has 6 rings (SSSR count). The molecule has 2 N–H and O–H groups in total. The highest BCUT2D eigenvalue weighted by Gasteiger charge is 2.53. The van der Waals surface area contributed by atoms with Crippen LogP contribution in [-0.2, 0) is 16.9 Å². The maximum atomic E-state index is 13.5. The molecule has 184 valence electrons. The molecule has 0 bridgehead atoms. The van der Waals surface area contributed by atoms with E-state index in [0.29, 0.717) is 34.9 Å². The number of benzene rings is 3. The fraction of sp³-hybridized carbons (Fsp3) is 0.143. The van der Waals surface area contributed by atoms with Crippen LogP contribution in [0.3, 0.4) is 0 Å². The van der Waals surface area contributed by atoms with Crippen LogP contribution in [0.5, 0.6) is 5.75 Å². The number of urea groups is 1. The first-order valence-corrected chi connectivity index (χ1v) is 11.8. The predicted octanol–water partition coefficient (Wildman–Crippen LogP) is 3.24. The second-order valence-corrected chi connectivity index (χ2v) is 9.03. The SMILES string of the molecule is COc1ccc2c(c1)C(=O)N(C[C@]1(c3cc(-c4ccccc4)nn3-c3ccccc3)NC(=O)NC1=O)C2. The lowest BCUT2D eigenvalue weighted by Gasteiger charge is -2.31. The van der Waals surface area contributed by atoms with E-state index in [1.165, 1.54) is 0 Å². The number of nitrogens with one attached hydrogen (secondary N) is 2. The number of methoxy groups -OCH3 is 1. The number of amides is 4. The van der Waals surface area contributed by atoms with Gasteiger partial charge in [-0.15, -0.1) is 0 Å². The Morgan fingerprint density at radius 1 is 0.946 bits per heavy atom. The van der Waals surface area contributed by atoms with Crippen LogP contribution in [-0.4, -0.2) is 46.2 Å². The number of rotatable bonds is 6. The van der Waals surface area contributed by atoms with Gasteiger partial charge in [0.25, 0.3) is 11.8 Å². The summed E-state index contributed by atoms with van der Waals surface area (Å²) < 4.78 is 6.94. The lowest BCUT2D eigenvalue weighted by molar-refractivity contribution is -0.125. The number of para-hydroxylation sites is 1. The van der Waals surface area contributed by atoms with Crippen LogP contribution in [0, 0.1) is 0 Å². The minimum Gasteiger partial charge on any atom is -0.497 e. The third kappa shape index (κ3) is 3.72. The van der Waals surface area contributed by atoms with E-state index < -0.39 is 17.5 Å². The number of fused-ring (bicyclic) bond motifs is 1. The summed E-state index contributed by atoms with van der Waals surface area (Å²) in [6.45, 7) is 0.223. The Kier molecular flexibility index (Phi) is 5.26. The van der Waals surface area contributed by atoms with Gasteiger partial charge in [-0.2, -0.15) is 5.10 Å². The van der Waals surface area contributed by atoms with Crippen LogP contribution in [0.4, 0.5) is 4.79 Å². The summed E-state index contributed by atoms with van der Waals surface area (Å²) in [5.74, 6) is -0.211. The summed E-state index contributed by atoms with van der Waals surface area (Å²) in [5.41, 5.74) is 2.43. The van der Waals surface area contributed by atoms with Gasteiger partial charge in [0.1, 0.15) is 5.75 Å². The first kappa shape index (κ1) is 22.5. The average molecular weight is 494 g/mol. The molecular formula is C28H23N5O4. The Hall–Kier alpha value is -4.92. The first-order chi connectivity index (χ1) is 18.0. The molecule has 0 radical (unpaired) electrons. The van der Waals surface area contributed by atoms with Crippen molar-refractivity contribution in [1.82, 2.24) is 25.3 Å². The van der Waals surface area contributed by atoms with Crippen LogP contribution in [0.15, 0.2) is 84.9 Å². The van der Waals surface area contributed by atoms with Crippen molar-refractivity contribution in [2.75, 3.05) is 13.7 Å². The normalized spacial score (nSPS) is 18.5. The molecule has 3 heterocycles. The Labute approximate surface area is 212 Å². The van der Waals surface area contributed by atoms with Gasteiger partial charge in [-0.05, 0) is 35.9 Å². The number of carbonyl (C=O) groups excluding carboxylic acids is 3. The van der Waals surface area contributed by atoms with Crippen molar-refractivity contribution >= 4 is 17.8 Å². The molecule has 3 aromatic carbocycles. The van der Waals surface area contributed by atoms with Gasteiger partial charge in [0, 0.05) is 17.7 Å². The van der Waals surface area contributed by atoms with Gasteiger partial charge >= 0.3 is 6.03 Å². The van der Waals surface area contributed by atoms with Crippen LogP contribution >= 0.6 is 0 Å². The zero-order chi connectivity index (χ0) is 25.6. The van der Waals surface area contributed by atoms with E-state index in [1.54, 1.807) is 34.9 Å². The lowest BCUT2D eigenvalue weighted by Crippen LogP contribution is -2.53. The molecule has 4 aromatic rings. The number of ether oxygens (including phenoxy) is 1. The summed E-state index contributed by atoms with van der Waals surface area (Å²) in [6, 6.07) is 25.5. The Morgan fingerprint density at radius 2 is 1.68 bits per heavy atom. The minimum atomic E-state index is -1.56. The molecule has 2 aliphatic heterocycles. The van der Waals surface area contributed by atoms with Crippen molar-refractivity contribution in [2.45, 2.75) is 12.1 Å². The molecule has 1 aromatic heterocycles. The largest absolute Gasteiger partial charge is 0.497 e. The molecule has 37 heavy (non-hydrogen) atoms. The van der Waals surface area contributed by atoms with Crippen LogP contribution in [0.25, 0.3) is 16.9 Å². The molecule has 0 saturated carbocycles. The van der Waals surface area contributed by atoms with Crippen molar-refractivity contribution in [3.05, 3.63) is 102 Å². The summed E-state index contributed by atoms with van der Waals surface area (Å²) in [7, 11) is 1.54. The Balaban J connectivity index is 1.48.